The zero-order valence-corrected chi connectivity index (χ0v) is 16.8. The highest BCUT2D eigenvalue weighted by atomic mass is 16.5. The highest BCUT2D eigenvalue weighted by Gasteiger charge is 2.03. The Bertz CT molecular complexity index is 1100. The number of carbonyl (C=O) groups is 1. The molecule has 0 bridgehead atoms. The quantitative estimate of drug-likeness (QED) is 0.249. The summed E-state index contributed by atoms with van der Waals surface area (Å²) in [5.41, 5.74) is 4.24. The highest BCUT2D eigenvalue weighted by molar-refractivity contribution is 5.90. The lowest BCUT2D eigenvalue weighted by molar-refractivity contribution is -0.137. The van der Waals surface area contributed by atoms with Gasteiger partial charge in [0, 0.05) is 23.6 Å². The van der Waals surface area contributed by atoms with Gasteiger partial charge < -0.3 is 9.47 Å². The lowest BCUT2D eigenvalue weighted by Gasteiger charge is -2.09. The Kier molecular flexibility index (Phi) is 6.71. The fourth-order valence-electron chi connectivity index (χ4n) is 3.06. The molecule has 0 N–H and O–H groups in total. The van der Waals surface area contributed by atoms with Gasteiger partial charge in [0.05, 0.1) is 13.2 Å². The molecule has 3 nitrogen and oxygen atoms in total. The maximum atomic E-state index is 11.0. The van der Waals surface area contributed by atoms with Crippen LogP contribution < -0.4 is 4.74 Å². The number of rotatable bonds is 6. The molecule has 0 amide bonds. The first-order valence-electron chi connectivity index (χ1n) is 9.61. The average molecular weight is 384 g/mol. The van der Waals surface area contributed by atoms with Gasteiger partial charge in [0.1, 0.15) is 5.75 Å². The molecule has 0 saturated carbocycles. The lowest BCUT2D eigenvalue weighted by atomic mass is 10.0. The van der Waals surface area contributed by atoms with Crippen LogP contribution in [0.3, 0.4) is 0 Å². The molecule has 0 radical (unpaired) electrons. The van der Waals surface area contributed by atoms with Crippen LogP contribution in [0.25, 0.3) is 10.8 Å². The maximum Gasteiger partial charge on any atom is 0.330 e. The van der Waals surface area contributed by atoms with Crippen LogP contribution in [0.1, 0.15) is 28.7 Å². The van der Waals surface area contributed by atoms with Gasteiger partial charge in [0.2, 0.25) is 0 Å². The molecule has 0 heterocycles. The molecule has 0 spiro atoms. The van der Waals surface area contributed by atoms with Crippen LogP contribution in [0.15, 0.2) is 67.3 Å². The Morgan fingerprint density at radius 1 is 0.966 bits per heavy atom. The maximum absolute atomic E-state index is 11.0. The SMILES string of the molecule is C=CC(=O)OCCCOc1ccc(C#Cc2ccc(C)c3ccccc23)cc1C. The molecule has 3 aromatic rings. The van der Waals surface area contributed by atoms with E-state index < -0.39 is 5.97 Å². The Morgan fingerprint density at radius 3 is 2.52 bits per heavy atom. The summed E-state index contributed by atoms with van der Waals surface area (Å²) in [5.74, 6) is 6.97. The topological polar surface area (TPSA) is 35.5 Å². The van der Waals surface area contributed by atoms with Crippen LogP contribution in [0, 0.1) is 25.7 Å². The van der Waals surface area contributed by atoms with E-state index in [2.05, 4.69) is 55.7 Å². The molecule has 0 aliphatic rings. The molecule has 0 atom stereocenters. The van der Waals surface area contributed by atoms with Gasteiger partial charge in [0.25, 0.3) is 0 Å². The first kappa shape index (κ1) is 20.2. The van der Waals surface area contributed by atoms with Gasteiger partial charge in [-0.25, -0.2) is 4.79 Å². The van der Waals surface area contributed by atoms with Crippen molar-refractivity contribution < 1.29 is 14.3 Å². The van der Waals surface area contributed by atoms with Crippen molar-refractivity contribution in [2.24, 2.45) is 0 Å². The zero-order valence-electron chi connectivity index (χ0n) is 16.8. The van der Waals surface area contributed by atoms with E-state index in [1.807, 2.05) is 31.2 Å². The molecule has 3 aromatic carbocycles. The molecule has 0 unspecified atom stereocenters. The van der Waals surface area contributed by atoms with E-state index in [4.69, 9.17) is 9.47 Å². The second kappa shape index (κ2) is 9.61. The Labute approximate surface area is 172 Å². The lowest BCUT2D eigenvalue weighted by Crippen LogP contribution is -2.07. The zero-order chi connectivity index (χ0) is 20.6. The number of esters is 1. The number of hydrogen-bond acceptors (Lipinski definition) is 3. The third kappa shape index (κ3) is 5.27. The molecule has 146 valence electrons. The Morgan fingerprint density at radius 2 is 1.76 bits per heavy atom. The number of fused-ring (bicyclic) bond motifs is 1. The largest absolute Gasteiger partial charge is 0.493 e. The Balaban J connectivity index is 1.67. The minimum Gasteiger partial charge on any atom is -0.493 e. The van der Waals surface area contributed by atoms with Crippen molar-refractivity contribution >= 4 is 16.7 Å². The standard InChI is InChI=1S/C26H24O3/c1-4-26(27)29-17-7-16-28-25-15-12-21(18-20(25)3)11-14-22-13-10-19(2)23-8-5-6-9-24(22)23/h4-6,8-10,12-13,15,18H,1,7,16-17H2,2-3H3. The van der Waals surface area contributed by atoms with Crippen molar-refractivity contribution in [3.8, 4) is 17.6 Å². The van der Waals surface area contributed by atoms with Gasteiger partial charge in [-0.1, -0.05) is 48.8 Å². The summed E-state index contributed by atoms with van der Waals surface area (Å²) in [6.45, 7) is 8.27. The molecule has 29 heavy (non-hydrogen) atoms. The predicted octanol–water partition coefficient (Wildman–Crippen LogP) is 5.35. The van der Waals surface area contributed by atoms with Crippen molar-refractivity contribution in [2.75, 3.05) is 13.2 Å². The average Bonchev–Trinajstić information content (AvgIpc) is 2.74. The van der Waals surface area contributed by atoms with E-state index in [9.17, 15) is 4.79 Å². The minimum absolute atomic E-state index is 0.317. The normalized spacial score (nSPS) is 10.1. The molecule has 0 aliphatic carbocycles. The smallest absolute Gasteiger partial charge is 0.330 e. The predicted molar refractivity (Wildman–Crippen MR) is 117 cm³/mol. The van der Waals surface area contributed by atoms with Crippen molar-refractivity contribution in [3.05, 3.63) is 89.5 Å². The number of carbonyl (C=O) groups excluding carboxylic acids is 1. The van der Waals surface area contributed by atoms with Gasteiger partial charge in [-0.05, 0) is 60.0 Å². The summed E-state index contributed by atoms with van der Waals surface area (Å²) in [5, 5.41) is 2.41. The number of aryl methyl sites for hydroxylation is 2. The van der Waals surface area contributed by atoms with Gasteiger partial charge >= 0.3 is 5.97 Å². The first-order valence-corrected chi connectivity index (χ1v) is 9.61. The van der Waals surface area contributed by atoms with E-state index >= 15 is 0 Å². The summed E-state index contributed by atoms with van der Waals surface area (Å²) in [6.07, 6.45) is 1.78. The van der Waals surface area contributed by atoms with E-state index in [1.54, 1.807) is 0 Å². The Hall–Kier alpha value is -3.51. The second-order valence-corrected chi connectivity index (χ2v) is 6.78. The molecular weight excluding hydrogens is 360 g/mol. The molecule has 0 aliphatic heterocycles. The fourth-order valence-corrected chi connectivity index (χ4v) is 3.06. The number of benzene rings is 3. The third-order valence-electron chi connectivity index (χ3n) is 4.62. The van der Waals surface area contributed by atoms with Gasteiger partial charge in [-0.15, -0.1) is 0 Å². The van der Waals surface area contributed by atoms with Crippen LogP contribution in [-0.4, -0.2) is 19.2 Å². The summed E-state index contributed by atoms with van der Waals surface area (Å²) in [6, 6.07) is 18.4. The van der Waals surface area contributed by atoms with Gasteiger partial charge in [0.15, 0.2) is 0 Å². The van der Waals surface area contributed by atoms with Crippen LogP contribution in [-0.2, 0) is 9.53 Å². The van der Waals surface area contributed by atoms with Crippen LogP contribution in [0.2, 0.25) is 0 Å². The highest BCUT2D eigenvalue weighted by Crippen LogP contribution is 2.22. The summed E-state index contributed by atoms with van der Waals surface area (Å²) >= 11 is 0. The van der Waals surface area contributed by atoms with E-state index in [-0.39, 0.29) is 0 Å². The van der Waals surface area contributed by atoms with E-state index in [0.717, 1.165) is 28.5 Å². The number of hydrogen-bond donors (Lipinski definition) is 0. The summed E-state index contributed by atoms with van der Waals surface area (Å²) < 4.78 is 10.7. The first-order chi connectivity index (χ1) is 14.1. The molecule has 0 saturated heterocycles. The minimum atomic E-state index is -0.412. The van der Waals surface area contributed by atoms with Crippen molar-refractivity contribution in [3.63, 3.8) is 0 Å². The molecule has 0 fully saturated rings. The van der Waals surface area contributed by atoms with Gasteiger partial charge in [-0.3, -0.25) is 0 Å². The molecule has 3 heteroatoms. The van der Waals surface area contributed by atoms with Gasteiger partial charge in [-0.2, -0.15) is 0 Å². The van der Waals surface area contributed by atoms with Crippen LogP contribution in [0.4, 0.5) is 0 Å². The molecular formula is C26H24O3. The third-order valence-corrected chi connectivity index (χ3v) is 4.62. The summed E-state index contributed by atoms with van der Waals surface area (Å²) in [7, 11) is 0. The second-order valence-electron chi connectivity index (χ2n) is 6.78. The fraction of sp³-hybridized carbons (Fsp3) is 0.192. The van der Waals surface area contributed by atoms with Crippen molar-refractivity contribution in [1.29, 1.82) is 0 Å². The van der Waals surface area contributed by atoms with E-state index in [1.165, 1.54) is 16.3 Å². The van der Waals surface area contributed by atoms with E-state index in [0.29, 0.717) is 19.6 Å². The monoisotopic (exact) mass is 384 g/mol. The molecule has 0 aromatic heterocycles. The molecule has 3 rings (SSSR count). The number of ether oxygens (including phenoxy) is 2. The summed E-state index contributed by atoms with van der Waals surface area (Å²) in [4.78, 5) is 11.0. The van der Waals surface area contributed by atoms with Crippen molar-refractivity contribution in [2.45, 2.75) is 20.3 Å². The van der Waals surface area contributed by atoms with Crippen LogP contribution in [0.5, 0.6) is 5.75 Å². The van der Waals surface area contributed by atoms with Crippen LogP contribution >= 0.6 is 0 Å². The van der Waals surface area contributed by atoms with Crippen molar-refractivity contribution in [1.82, 2.24) is 0 Å².